The van der Waals surface area contributed by atoms with Gasteiger partial charge in [0.05, 0.1) is 23.2 Å². The van der Waals surface area contributed by atoms with Gasteiger partial charge in [-0.05, 0) is 62.3 Å². The van der Waals surface area contributed by atoms with E-state index in [4.69, 9.17) is 4.74 Å². The molecule has 1 atom stereocenters. The number of nitrogens with zero attached hydrogens (tertiary/aromatic N) is 2. The molecule has 3 aromatic rings. The van der Waals surface area contributed by atoms with E-state index in [1.807, 2.05) is 10.9 Å². The number of hydrogen-bond donors (Lipinski definition) is 2. The van der Waals surface area contributed by atoms with Crippen LogP contribution >= 0.6 is 0 Å². The van der Waals surface area contributed by atoms with Crippen molar-refractivity contribution in [3.63, 3.8) is 0 Å². The van der Waals surface area contributed by atoms with Crippen LogP contribution in [0.25, 0.3) is 11.1 Å². The zero-order valence-electron chi connectivity index (χ0n) is 20.9. The van der Waals surface area contributed by atoms with Crippen LogP contribution in [0.1, 0.15) is 68.4 Å². The van der Waals surface area contributed by atoms with Crippen molar-refractivity contribution in [3.05, 3.63) is 65.7 Å². The van der Waals surface area contributed by atoms with Crippen LogP contribution in [0.2, 0.25) is 0 Å². The molecule has 2 fully saturated rings. The molecule has 194 valence electrons. The number of hydrogen-bond acceptors (Lipinski definition) is 4. The molecule has 2 aromatic carbocycles. The SMILES string of the molecule is CC(C1CC1)n1cc(-c2ccc(NC(=O)C3(c4ccc(OC(C)(C)F)cc4F)CC3)cc2C(=O)O)cn1. The lowest BCUT2D eigenvalue weighted by Crippen LogP contribution is -2.29. The van der Waals surface area contributed by atoms with Gasteiger partial charge in [-0.2, -0.15) is 9.49 Å². The van der Waals surface area contributed by atoms with E-state index in [1.54, 1.807) is 18.3 Å². The number of nitrogens with one attached hydrogen (secondary N) is 1. The van der Waals surface area contributed by atoms with E-state index in [2.05, 4.69) is 17.3 Å². The number of anilines is 1. The van der Waals surface area contributed by atoms with E-state index in [1.165, 1.54) is 44.9 Å². The molecule has 0 saturated heterocycles. The van der Waals surface area contributed by atoms with Gasteiger partial charge < -0.3 is 15.2 Å². The number of carbonyl (C=O) groups is 2. The van der Waals surface area contributed by atoms with Crippen LogP contribution in [0.4, 0.5) is 14.5 Å². The van der Waals surface area contributed by atoms with Crippen molar-refractivity contribution in [2.45, 2.75) is 63.8 Å². The molecule has 7 nitrogen and oxygen atoms in total. The fraction of sp³-hybridized carbons (Fsp3) is 0.393. The minimum absolute atomic E-state index is 0.0292. The third-order valence-corrected chi connectivity index (χ3v) is 7.14. The zero-order valence-corrected chi connectivity index (χ0v) is 20.9. The van der Waals surface area contributed by atoms with Gasteiger partial charge in [0.2, 0.25) is 11.8 Å². The van der Waals surface area contributed by atoms with Crippen LogP contribution in [-0.2, 0) is 10.2 Å². The Morgan fingerprint density at radius 1 is 1.22 bits per heavy atom. The summed E-state index contributed by atoms with van der Waals surface area (Å²) in [7, 11) is 0. The third kappa shape index (κ3) is 5.08. The molecule has 5 rings (SSSR count). The van der Waals surface area contributed by atoms with E-state index >= 15 is 0 Å². The molecule has 0 aliphatic heterocycles. The summed E-state index contributed by atoms with van der Waals surface area (Å²) in [5.74, 6) is -3.56. The molecular weight excluding hydrogens is 480 g/mol. The second-order valence-electron chi connectivity index (χ2n) is 10.5. The molecule has 2 saturated carbocycles. The van der Waals surface area contributed by atoms with Gasteiger partial charge in [0, 0.05) is 42.9 Å². The molecule has 0 spiro atoms. The largest absolute Gasteiger partial charge is 0.478 e. The Bertz CT molecular complexity index is 1370. The normalized spacial score (nSPS) is 17.2. The maximum absolute atomic E-state index is 14.9. The van der Waals surface area contributed by atoms with Crippen LogP contribution in [0, 0.1) is 11.7 Å². The first-order chi connectivity index (χ1) is 17.5. The highest BCUT2D eigenvalue weighted by atomic mass is 19.2. The van der Waals surface area contributed by atoms with Crippen molar-refractivity contribution >= 4 is 17.6 Å². The number of aromatic carboxylic acids is 1. The summed E-state index contributed by atoms with van der Waals surface area (Å²) in [6, 6.07) is 8.89. The Labute approximate surface area is 213 Å². The standard InChI is InChI=1S/C28H29F2N3O4/c1-16(17-4-5-17)33-15-18(14-31-33)21-8-6-19(12-22(21)25(34)35)32-26(36)28(10-11-28)23-9-7-20(13-24(23)29)37-27(2,3)30/h6-9,12-17H,4-5,10-11H2,1-3H3,(H,32,36)(H,34,35). The summed E-state index contributed by atoms with van der Waals surface area (Å²) in [6.07, 6.45) is 6.72. The molecule has 0 bridgehead atoms. The van der Waals surface area contributed by atoms with Gasteiger partial charge in [0.25, 0.3) is 0 Å². The Morgan fingerprint density at radius 2 is 1.95 bits per heavy atom. The van der Waals surface area contributed by atoms with E-state index < -0.39 is 29.0 Å². The van der Waals surface area contributed by atoms with Crippen molar-refractivity contribution < 1.29 is 28.2 Å². The van der Waals surface area contributed by atoms with Gasteiger partial charge >= 0.3 is 5.97 Å². The number of benzene rings is 2. The van der Waals surface area contributed by atoms with Crippen LogP contribution < -0.4 is 10.1 Å². The molecule has 2 aliphatic carbocycles. The summed E-state index contributed by atoms with van der Waals surface area (Å²) in [4.78, 5) is 25.3. The summed E-state index contributed by atoms with van der Waals surface area (Å²) >= 11 is 0. The second kappa shape index (κ2) is 8.97. The lowest BCUT2D eigenvalue weighted by atomic mass is 9.93. The number of carboxylic acid groups (broad SMARTS) is 1. The molecule has 1 heterocycles. The number of carboxylic acids is 1. The molecule has 1 unspecified atom stereocenters. The summed E-state index contributed by atoms with van der Waals surface area (Å²) in [6.45, 7) is 4.53. The molecule has 1 aromatic heterocycles. The van der Waals surface area contributed by atoms with Crippen molar-refractivity contribution in [2.75, 3.05) is 5.32 Å². The number of rotatable bonds is 9. The fourth-order valence-electron chi connectivity index (χ4n) is 4.77. The van der Waals surface area contributed by atoms with E-state index in [-0.39, 0.29) is 22.9 Å². The maximum atomic E-state index is 14.9. The molecule has 2 aliphatic rings. The zero-order chi connectivity index (χ0) is 26.5. The van der Waals surface area contributed by atoms with E-state index in [9.17, 15) is 23.5 Å². The van der Waals surface area contributed by atoms with Gasteiger partial charge in [-0.15, -0.1) is 0 Å². The minimum Gasteiger partial charge on any atom is -0.478 e. The smallest absolute Gasteiger partial charge is 0.336 e. The van der Waals surface area contributed by atoms with E-state index in [0.29, 0.717) is 35.6 Å². The third-order valence-electron chi connectivity index (χ3n) is 7.14. The first kappa shape index (κ1) is 24.9. The first-order valence-electron chi connectivity index (χ1n) is 12.4. The second-order valence-corrected chi connectivity index (χ2v) is 10.5. The molecule has 1 amide bonds. The molecular formula is C28H29F2N3O4. The number of amides is 1. The topological polar surface area (TPSA) is 93.5 Å². The summed E-state index contributed by atoms with van der Waals surface area (Å²) < 4.78 is 35.6. The van der Waals surface area contributed by atoms with Crippen LogP contribution in [0.5, 0.6) is 5.75 Å². The van der Waals surface area contributed by atoms with Gasteiger partial charge in [0.1, 0.15) is 11.6 Å². The van der Waals surface area contributed by atoms with Crippen LogP contribution in [-0.4, -0.2) is 32.6 Å². The Kier molecular flexibility index (Phi) is 6.04. The highest BCUT2D eigenvalue weighted by molar-refractivity contribution is 6.03. The number of halogens is 2. The van der Waals surface area contributed by atoms with Gasteiger partial charge in [-0.3, -0.25) is 9.48 Å². The van der Waals surface area contributed by atoms with Crippen molar-refractivity contribution in [2.24, 2.45) is 5.92 Å². The number of aromatic nitrogens is 2. The minimum atomic E-state index is -1.97. The molecule has 37 heavy (non-hydrogen) atoms. The summed E-state index contributed by atoms with van der Waals surface area (Å²) in [5.41, 5.74) is 0.635. The lowest BCUT2D eigenvalue weighted by Gasteiger charge is -2.20. The van der Waals surface area contributed by atoms with Crippen molar-refractivity contribution in [1.29, 1.82) is 0 Å². The Hall–Kier alpha value is -3.75. The average Bonchev–Trinajstić information content (AvgIpc) is 3.75. The molecule has 2 N–H and O–H groups in total. The van der Waals surface area contributed by atoms with Crippen molar-refractivity contribution in [1.82, 2.24) is 9.78 Å². The van der Waals surface area contributed by atoms with Crippen LogP contribution in [0.15, 0.2) is 48.8 Å². The highest BCUT2D eigenvalue weighted by Gasteiger charge is 2.53. The fourth-order valence-corrected chi connectivity index (χ4v) is 4.77. The van der Waals surface area contributed by atoms with Gasteiger partial charge in [-0.1, -0.05) is 12.1 Å². The maximum Gasteiger partial charge on any atom is 0.336 e. The quantitative estimate of drug-likeness (QED) is 0.363. The predicted octanol–water partition coefficient (Wildman–Crippen LogP) is 6.11. The Balaban J connectivity index is 1.36. The molecule has 0 radical (unpaired) electrons. The molecule has 9 heteroatoms. The van der Waals surface area contributed by atoms with Crippen molar-refractivity contribution in [3.8, 4) is 16.9 Å². The monoisotopic (exact) mass is 509 g/mol. The predicted molar refractivity (Wildman–Crippen MR) is 134 cm³/mol. The lowest BCUT2D eigenvalue weighted by molar-refractivity contribution is -0.118. The van der Waals surface area contributed by atoms with Gasteiger partial charge in [0.15, 0.2) is 0 Å². The van der Waals surface area contributed by atoms with Gasteiger partial charge in [-0.25, -0.2) is 9.18 Å². The Morgan fingerprint density at radius 3 is 2.54 bits per heavy atom. The number of alkyl halides is 1. The van der Waals surface area contributed by atoms with E-state index in [0.717, 1.165) is 6.07 Å². The average molecular weight is 510 g/mol. The summed E-state index contributed by atoms with van der Waals surface area (Å²) in [5, 5.41) is 17.0. The number of ether oxygens (including phenoxy) is 1. The van der Waals surface area contributed by atoms with Crippen LogP contribution in [0.3, 0.4) is 0 Å². The highest BCUT2D eigenvalue weighted by Crippen LogP contribution is 2.50. The first-order valence-corrected chi connectivity index (χ1v) is 12.4. The number of carbonyl (C=O) groups excluding carboxylic acids is 1.